The number of carbonyl (C=O) groups excluding carboxylic acids is 1. The Morgan fingerprint density at radius 3 is 2.40 bits per heavy atom. The molecule has 0 aromatic heterocycles. The largest absolute Gasteiger partial charge is 0.369 e. The van der Waals surface area contributed by atoms with Crippen LogP contribution in [0, 0.1) is 30.3 Å². The van der Waals surface area contributed by atoms with Gasteiger partial charge in [-0.3, -0.25) is 4.79 Å². The fraction of sp³-hybridized carbons (Fsp3) is 0.435. The summed E-state index contributed by atoms with van der Waals surface area (Å²) in [6.45, 7) is 5.24. The summed E-state index contributed by atoms with van der Waals surface area (Å²) in [6.07, 6.45) is 1.04. The number of hydrogen-bond donors (Lipinski definition) is 0. The standard InChI is InChI=1S/C23H26F3N3O/c1-15-18(24)14-20(22(26)21(15)25)29-8-7-17(23(29)30)13-16-5-3-4-6-19(16)28-11-9-27(2)10-12-28/h3-6,14,17H,7-13H2,1-2H3. The molecule has 2 fully saturated rings. The van der Waals surface area contributed by atoms with E-state index in [1.165, 1.54) is 11.8 Å². The minimum atomic E-state index is -1.23. The first-order valence-corrected chi connectivity index (χ1v) is 10.3. The molecule has 0 aliphatic carbocycles. The van der Waals surface area contributed by atoms with E-state index in [-0.39, 0.29) is 29.6 Å². The second-order valence-corrected chi connectivity index (χ2v) is 8.23. The SMILES string of the molecule is Cc1c(F)cc(N2CCC(Cc3ccccc3N3CCN(C)CC3)C2=O)c(F)c1F. The number of rotatable bonds is 4. The van der Waals surface area contributed by atoms with Crippen LogP contribution in [-0.4, -0.2) is 50.6 Å². The second-order valence-electron chi connectivity index (χ2n) is 8.23. The number of piperazine rings is 1. The molecule has 1 unspecified atom stereocenters. The summed E-state index contributed by atoms with van der Waals surface area (Å²) >= 11 is 0. The fourth-order valence-electron chi connectivity index (χ4n) is 4.34. The molecule has 1 amide bonds. The van der Waals surface area contributed by atoms with Gasteiger partial charge in [0.15, 0.2) is 11.6 Å². The van der Waals surface area contributed by atoms with E-state index >= 15 is 0 Å². The summed E-state index contributed by atoms with van der Waals surface area (Å²) in [5.41, 5.74) is 1.51. The van der Waals surface area contributed by atoms with E-state index in [0.29, 0.717) is 12.8 Å². The Labute approximate surface area is 174 Å². The lowest BCUT2D eigenvalue weighted by atomic mass is 9.96. The quantitative estimate of drug-likeness (QED) is 0.709. The number of para-hydroxylation sites is 1. The lowest BCUT2D eigenvalue weighted by molar-refractivity contribution is -0.120. The van der Waals surface area contributed by atoms with Gasteiger partial charge < -0.3 is 14.7 Å². The third kappa shape index (κ3) is 3.78. The minimum Gasteiger partial charge on any atom is -0.369 e. The number of amides is 1. The van der Waals surface area contributed by atoms with Crippen LogP contribution in [0.15, 0.2) is 30.3 Å². The van der Waals surface area contributed by atoms with Crippen molar-refractivity contribution in [2.24, 2.45) is 5.92 Å². The molecule has 4 nitrogen and oxygen atoms in total. The van der Waals surface area contributed by atoms with Crippen molar-refractivity contribution >= 4 is 17.3 Å². The van der Waals surface area contributed by atoms with Crippen molar-refractivity contribution in [2.45, 2.75) is 19.8 Å². The van der Waals surface area contributed by atoms with Gasteiger partial charge in [0, 0.05) is 56.0 Å². The van der Waals surface area contributed by atoms with Crippen LogP contribution in [0.1, 0.15) is 17.5 Å². The Bertz CT molecular complexity index is 957. The highest BCUT2D eigenvalue weighted by atomic mass is 19.2. The third-order valence-electron chi connectivity index (χ3n) is 6.28. The van der Waals surface area contributed by atoms with Crippen LogP contribution in [0.5, 0.6) is 0 Å². The molecule has 2 aliphatic heterocycles. The summed E-state index contributed by atoms with van der Waals surface area (Å²) in [5.74, 6) is -3.88. The van der Waals surface area contributed by atoms with Crippen molar-refractivity contribution in [2.75, 3.05) is 49.6 Å². The predicted molar refractivity (Wildman–Crippen MR) is 111 cm³/mol. The molecule has 160 valence electrons. The maximum atomic E-state index is 14.4. The van der Waals surface area contributed by atoms with E-state index in [2.05, 4.69) is 22.9 Å². The highest BCUT2D eigenvalue weighted by Crippen LogP contribution is 2.34. The van der Waals surface area contributed by atoms with E-state index < -0.39 is 17.5 Å². The number of likely N-dealkylation sites (N-methyl/N-ethyl adjacent to an activating group) is 1. The maximum Gasteiger partial charge on any atom is 0.230 e. The highest BCUT2D eigenvalue weighted by Gasteiger charge is 2.35. The van der Waals surface area contributed by atoms with Crippen LogP contribution in [0.4, 0.5) is 24.5 Å². The molecule has 0 spiro atoms. The van der Waals surface area contributed by atoms with E-state index in [1.54, 1.807) is 0 Å². The first-order chi connectivity index (χ1) is 14.4. The zero-order valence-corrected chi connectivity index (χ0v) is 17.3. The molecule has 2 saturated heterocycles. The van der Waals surface area contributed by atoms with Crippen molar-refractivity contribution in [3.8, 4) is 0 Å². The minimum absolute atomic E-state index is 0.249. The molecule has 2 aromatic rings. The van der Waals surface area contributed by atoms with Gasteiger partial charge in [0.05, 0.1) is 5.69 Å². The van der Waals surface area contributed by atoms with Gasteiger partial charge in [-0.1, -0.05) is 18.2 Å². The van der Waals surface area contributed by atoms with Gasteiger partial charge in [0.2, 0.25) is 5.91 Å². The number of benzene rings is 2. The molecule has 0 bridgehead atoms. The van der Waals surface area contributed by atoms with Crippen molar-refractivity contribution < 1.29 is 18.0 Å². The number of halogens is 3. The van der Waals surface area contributed by atoms with Crippen molar-refractivity contribution in [3.05, 3.63) is 58.9 Å². The summed E-state index contributed by atoms with van der Waals surface area (Å²) in [5, 5.41) is 0. The number of hydrogen-bond acceptors (Lipinski definition) is 3. The predicted octanol–water partition coefficient (Wildman–Crippen LogP) is 3.76. The van der Waals surface area contributed by atoms with E-state index in [0.717, 1.165) is 43.5 Å². The molecular weight excluding hydrogens is 391 g/mol. The van der Waals surface area contributed by atoms with Crippen LogP contribution in [0.3, 0.4) is 0 Å². The molecule has 4 rings (SSSR count). The average molecular weight is 417 g/mol. The van der Waals surface area contributed by atoms with Gasteiger partial charge in [-0.2, -0.15) is 0 Å². The van der Waals surface area contributed by atoms with E-state index in [1.807, 2.05) is 18.2 Å². The maximum absolute atomic E-state index is 14.4. The van der Waals surface area contributed by atoms with Crippen molar-refractivity contribution in [3.63, 3.8) is 0 Å². The van der Waals surface area contributed by atoms with E-state index in [9.17, 15) is 18.0 Å². The Hall–Kier alpha value is -2.54. The zero-order chi connectivity index (χ0) is 21.4. The number of carbonyl (C=O) groups is 1. The summed E-state index contributed by atoms with van der Waals surface area (Å²) in [6, 6.07) is 8.97. The van der Waals surface area contributed by atoms with Gasteiger partial charge in [0.25, 0.3) is 0 Å². The monoisotopic (exact) mass is 417 g/mol. The topological polar surface area (TPSA) is 26.8 Å². The average Bonchev–Trinajstić information content (AvgIpc) is 3.10. The van der Waals surface area contributed by atoms with Crippen LogP contribution in [-0.2, 0) is 11.2 Å². The van der Waals surface area contributed by atoms with Gasteiger partial charge in [-0.15, -0.1) is 0 Å². The van der Waals surface area contributed by atoms with E-state index in [4.69, 9.17) is 0 Å². The molecule has 2 heterocycles. The van der Waals surface area contributed by atoms with Crippen LogP contribution >= 0.6 is 0 Å². The molecule has 30 heavy (non-hydrogen) atoms. The van der Waals surface area contributed by atoms with Gasteiger partial charge >= 0.3 is 0 Å². The Kier molecular flexibility index (Phi) is 5.73. The van der Waals surface area contributed by atoms with Gasteiger partial charge in [-0.05, 0) is 38.4 Å². The molecule has 2 aliphatic rings. The summed E-state index contributed by atoms with van der Waals surface area (Å²) < 4.78 is 42.4. The number of nitrogens with zero attached hydrogens (tertiary/aromatic N) is 3. The molecule has 0 saturated carbocycles. The molecule has 1 atom stereocenters. The first kappa shape index (κ1) is 20.7. The van der Waals surface area contributed by atoms with Crippen LogP contribution in [0.2, 0.25) is 0 Å². The van der Waals surface area contributed by atoms with Crippen molar-refractivity contribution in [1.29, 1.82) is 0 Å². The molecule has 0 radical (unpaired) electrons. The van der Waals surface area contributed by atoms with Crippen molar-refractivity contribution in [1.82, 2.24) is 4.90 Å². The summed E-state index contributed by atoms with van der Waals surface area (Å²) in [7, 11) is 2.10. The van der Waals surface area contributed by atoms with Gasteiger partial charge in [-0.25, -0.2) is 13.2 Å². The molecule has 2 aromatic carbocycles. The van der Waals surface area contributed by atoms with Gasteiger partial charge in [0.1, 0.15) is 5.82 Å². The fourth-order valence-corrected chi connectivity index (χ4v) is 4.34. The van der Waals surface area contributed by atoms with Crippen LogP contribution in [0.25, 0.3) is 0 Å². The molecular formula is C23H26F3N3O. The Morgan fingerprint density at radius 2 is 1.67 bits per heavy atom. The third-order valence-corrected chi connectivity index (χ3v) is 6.28. The first-order valence-electron chi connectivity index (χ1n) is 10.3. The summed E-state index contributed by atoms with van der Waals surface area (Å²) in [4.78, 5) is 18.8. The Morgan fingerprint density at radius 1 is 0.967 bits per heavy atom. The lowest BCUT2D eigenvalue weighted by Gasteiger charge is -2.35. The number of anilines is 2. The molecule has 7 heteroatoms. The molecule has 0 N–H and O–H groups in total. The smallest absolute Gasteiger partial charge is 0.230 e. The Balaban J connectivity index is 1.54. The second kappa shape index (κ2) is 8.30. The van der Waals surface area contributed by atoms with Crippen LogP contribution < -0.4 is 9.80 Å². The zero-order valence-electron chi connectivity index (χ0n) is 17.3. The normalized spacial score (nSPS) is 20.3. The lowest BCUT2D eigenvalue weighted by Crippen LogP contribution is -2.44. The highest BCUT2D eigenvalue weighted by molar-refractivity contribution is 5.97.